The third kappa shape index (κ3) is 2.09. The molecule has 3 heteroatoms. The van der Waals surface area contributed by atoms with Gasteiger partial charge in [-0.3, -0.25) is 0 Å². The second-order valence-electron chi connectivity index (χ2n) is 3.47. The molecule has 2 nitrogen and oxygen atoms in total. The van der Waals surface area contributed by atoms with Gasteiger partial charge in [-0.1, -0.05) is 6.92 Å². The van der Waals surface area contributed by atoms with Crippen LogP contribution < -0.4 is 10.6 Å². The number of thiocarbonyl (C=S) groups is 1. The number of hydrogen-bond acceptors (Lipinski definition) is 1. The van der Waals surface area contributed by atoms with Gasteiger partial charge < -0.3 is 10.6 Å². The van der Waals surface area contributed by atoms with E-state index in [0.29, 0.717) is 5.54 Å². The summed E-state index contributed by atoms with van der Waals surface area (Å²) in [6, 6.07) is 0. The average Bonchev–Trinajstić information content (AvgIpc) is 1.97. The van der Waals surface area contributed by atoms with Crippen LogP contribution in [-0.4, -0.2) is 17.2 Å². The fraction of sp³-hybridized carbons (Fsp3) is 0.889. The van der Waals surface area contributed by atoms with Gasteiger partial charge in [-0.25, -0.2) is 0 Å². The molecule has 1 fully saturated rings. The summed E-state index contributed by atoms with van der Waals surface area (Å²) in [6.07, 6.45) is 5.07. The number of rotatable bonds is 3. The Hall–Kier alpha value is -0.310. The molecule has 0 atom stereocenters. The minimum atomic E-state index is 0.333. The Morgan fingerprint density at radius 1 is 1.42 bits per heavy atom. The van der Waals surface area contributed by atoms with Crippen molar-refractivity contribution in [2.75, 3.05) is 6.54 Å². The van der Waals surface area contributed by atoms with Crippen molar-refractivity contribution in [2.24, 2.45) is 0 Å². The molecule has 0 spiro atoms. The van der Waals surface area contributed by atoms with Gasteiger partial charge in [0.1, 0.15) is 0 Å². The van der Waals surface area contributed by atoms with E-state index >= 15 is 0 Å². The van der Waals surface area contributed by atoms with Crippen LogP contribution in [0.2, 0.25) is 0 Å². The van der Waals surface area contributed by atoms with Crippen LogP contribution in [-0.2, 0) is 0 Å². The highest BCUT2D eigenvalue weighted by Gasteiger charge is 2.35. The summed E-state index contributed by atoms with van der Waals surface area (Å²) in [4.78, 5) is 0. The third-order valence-electron chi connectivity index (χ3n) is 2.70. The summed E-state index contributed by atoms with van der Waals surface area (Å²) in [5, 5.41) is 7.34. The summed E-state index contributed by atoms with van der Waals surface area (Å²) >= 11 is 5.15. The second-order valence-corrected chi connectivity index (χ2v) is 3.88. The molecule has 0 bridgehead atoms. The van der Waals surface area contributed by atoms with Gasteiger partial charge in [0.05, 0.1) is 0 Å². The molecule has 0 aromatic heterocycles. The molecular weight excluding hydrogens is 168 g/mol. The lowest BCUT2D eigenvalue weighted by molar-refractivity contribution is 0.209. The van der Waals surface area contributed by atoms with E-state index in [1.165, 1.54) is 25.7 Å². The predicted octanol–water partition coefficient (Wildman–Crippen LogP) is 1.80. The van der Waals surface area contributed by atoms with Crippen molar-refractivity contribution in [2.45, 2.75) is 45.1 Å². The van der Waals surface area contributed by atoms with Gasteiger partial charge >= 0.3 is 0 Å². The Labute approximate surface area is 80.1 Å². The summed E-state index contributed by atoms with van der Waals surface area (Å²) in [5.41, 5.74) is 0.333. The molecule has 0 heterocycles. The molecule has 0 aromatic carbocycles. The molecule has 1 aliphatic rings. The number of hydrogen-bond donors (Lipinski definition) is 2. The van der Waals surface area contributed by atoms with E-state index in [1.807, 2.05) is 0 Å². The summed E-state index contributed by atoms with van der Waals surface area (Å²) in [7, 11) is 0. The van der Waals surface area contributed by atoms with Crippen LogP contribution in [0.5, 0.6) is 0 Å². The van der Waals surface area contributed by atoms with Gasteiger partial charge in [0.25, 0.3) is 0 Å². The topological polar surface area (TPSA) is 24.1 Å². The minimum Gasteiger partial charge on any atom is -0.363 e. The van der Waals surface area contributed by atoms with Crippen molar-refractivity contribution >= 4 is 17.3 Å². The highest BCUT2D eigenvalue weighted by molar-refractivity contribution is 7.80. The Kier molecular flexibility index (Phi) is 3.32. The Morgan fingerprint density at radius 3 is 2.42 bits per heavy atom. The van der Waals surface area contributed by atoms with Crippen molar-refractivity contribution in [3.63, 3.8) is 0 Å². The van der Waals surface area contributed by atoms with E-state index in [0.717, 1.165) is 11.7 Å². The predicted molar refractivity (Wildman–Crippen MR) is 56.3 cm³/mol. The standard InChI is InChI=1S/C9H18N2S/c1-3-9(6-5-7-9)11-8(12)10-4-2/h3-7H2,1-2H3,(H2,10,11,12). The molecule has 0 amide bonds. The normalized spacial score (nSPS) is 19.5. The van der Waals surface area contributed by atoms with Crippen molar-refractivity contribution in [1.82, 2.24) is 10.6 Å². The second kappa shape index (κ2) is 4.08. The lowest BCUT2D eigenvalue weighted by Crippen LogP contribution is -2.55. The maximum atomic E-state index is 5.15. The van der Waals surface area contributed by atoms with Crippen molar-refractivity contribution in [3.8, 4) is 0 Å². The fourth-order valence-electron chi connectivity index (χ4n) is 1.62. The first kappa shape index (κ1) is 9.78. The van der Waals surface area contributed by atoms with Gasteiger partial charge in [-0.15, -0.1) is 0 Å². The molecule has 0 saturated heterocycles. The Bertz CT molecular complexity index is 158. The van der Waals surface area contributed by atoms with Gasteiger partial charge in [0.2, 0.25) is 0 Å². The zero-order valence-corrected chi connectivity index (χ0v) is 8.76. The quantitative estimate of drug-likeness (QED) is 0.657. The maximum Gasteiger partial charge on any atom is 0.166 e. The van der Waals surface area contributed by atoms with Gasteiger partial charge in [-0.05, 0) is 44.8 Å². The van der Waals surface area contributed by atoms with Crippen LogP contribution in [0.3, 0.4) is 0 Å². The van der Waals surface area contributed by atoms with Crippen LogP contribution in [0.4, 0.5) is 0 Å². The highest BCUT2D eigenvalue weighted by atomic mass is 32.1. The molecule has 12 heavy (non-hydrogen) atoms. The van der Waals surface area contributed by atoms with Crippen LogP contribution in [0, 0.1) is 0 Å². The summed E-state index contributed by atoms with van der Waals surface area (Å²) in [6.45, 7) is 5.19. The Balaban J connectivity index is 2.32. The van der Waals surface area contributed by atoms with E-state index in [-0.39, 0.29) is 0 Å². The van der Waals surface area contributed by atoms with E-state index in [4.69, 9.17) is 12.2 Å². The van der Waals surface area contributed by atoms with Crippen molar-refractivity contribution in [1.29, 1.82) is 0 Å². The van der Waals surface area contributed by atoms with Crippen molar-refractivity contribution < 1.29 is 0 Å². The largest absolute Gasteiger partial charge is 0.363 e. The van der Waals surface area contributed by atoms with Crippen molar-refractivity contribution in [3.05, 3.63) is 0 Å². The minimum absolute atomic E-state index is 0.333. The van der Waals surface area contributed by atoms with E-state index in [9.17, 15) is 0 Å². The summed E-state index contributed by atoms with van der Waals surface area (Å²) in [5.74, 6) is 0. The average molecular weight is 186 g/mol. The van der Waals surface area contributed by atoms with Gasteiger partial charge in [0.15, 0.2) is 5.11 Å². The first-order valence-electron chi connectivity index (χ1n) is 4.78. The fourth-order valence-corrected chi connectivity index (χ4v) is 1.98. The number of nitrogens with one attached hydrogen (secondary N) is 2. The zero-order chi connectivity index (χ0) is 9.03. The van der Waals surface area contributed by atoms with Gasteiger partial charge in [0, 0.05) is 12.1 Å². The Morgan fingerprint density at radius 2 is 2.08 bits per heavy atom. The summed E-state index contributed by atoms with van der Waals surface area (Å²) < 4.78 is 0. The molecule has 2 N–H and O–H groups in total. The smallest absolute Gasteiger partial charge is 0.166 e. The van der Waals surface area contributed by atoms with E-state index in [1.54, 1.807) is 0 Å². The molecule has 1 saturated carbocycles. The molecule has 0 aliphatic heterocycles. The van der Waals surface area contributed by atoms with E-state index in [2.05, 4.69) is 24.5 Å². The zero-order valence-electron chi connectivity index (χ0n) is 7.94. The van der Waals surface area contributed by atoms with Crippen LogP contribution in [0.1, 0.15) is 39.5 Å². The first-order chi connectivity index (χ1) is 5.72. The molecule has 70 valence electrons. The van der Waals surface area contributed by atoms with Crippen LogP contribution in [0.25, 0.3) is 0 Å². The highest BCUT2D eigenvalue weighted by Crippen LogP contribution is 2.34. The molecule has 1 rings (SSSR count). The maximum absolute atomic E-state index is 5.15. The van der Waals surface area contributed by atoms with Gasteiger partial charge in [-0.2, -0.15) is 0 Å². The first-order valence-corrected chi connectivity index (χ1v) is 5.19. The SMILES string of the molecule is CCNC(=S)NC1(CC)CCC1. The molecule has 0 radical (unpaired) electrons. The molecule has 0 aromatic rings. The van der Waals surface area contributed by atoms with E-state index < -0.39 is 0 Å². The monoisotopic (exact) mass is 186 g/mol. The molecule has 0 unspecified atom stereocenters. The molecule has 1 aliphatic carbocycles. The third-order valence-corrected chi connectivity index (χ3v) is 2.95. The lowest BCUT2D eigenvalue weighted by atomic mass is 9.75. The van der Waals surface area contributed by atoms with Crippen LogP contribution in [0.15, 0.2) is 0 Å². The van der Waals surface area contributed by atoms with Crippen LogP contribution >= 0.6 is 12.2 Å². The lowest BCUT2D eigenvalue weighted by Gasteiger charge is -2.42. The molecular formula is C9H18N2S.